The topological polar surface area (TPSA) is 59.4 Å². The molecule has 156 valence electrons. The average Bonchev–Trinajstić information content (AvgIpc) is 2.77. The summed E-state index contributed by atoms with van der Waals surface area (Å²) in [6.45, 7) is 3.77. The van der Waals surface area contributed by atoms with Crippen LogP contribution in [0.3, 0.4) is 0 Å². The second-order valence-corrected chi connectivity index (χ2v) is 7.63. The Morgan fingerprint density at radius 1 is 1.00 bits per heavy atom. The van der Waals surface area contributed by atoms with Gasteiger partial charge in [0.2, 0.25) is 0 Å². The minimum atomic E-state index is -0.517. The van der Waals surface area contributed by atoms with E-state index in [-0.39, 0.29) is 5.75 Å². The highest BCUT2D eigenvalue weighted by Gasteiger charge is 2.14. The van der Waals surface area contributed by atoms with Crippen LogP contribution >= 0.6 is 0 Å². The normalized spacial score (nSPS) is 10.9. The molecular weight excluding hydrogens is 393 g/mol. The van der Waals surface area contributed by atoms with Gasteiger partial charge in [-0.15, -0.1) is 0 Å². The van der Waals surface area contributed by atoms with Crippen LogP contribution in [-0.2, 0) is 12.8 Å². The van der Waals surface area contributed by atoms with Gasteiger partial charge >= 0.3 is 5.97 Å². The molecule has 0 spiro atoms. The van der Waals surface area contributed by atoms with Gasteiger partial charge in [-0.05, 0) is 91.4 Å². The number of carbonyl (C=O) groups is 1. The van der Waals surface area contributed by atoms with E-state index >= 15 is 0 Å². The van der Waals surface area contributed by atoms with Crippen molar-refractivity contribution in [3.05, 3.63) is 100 Å². The molecule has 0 aliphatic heterocycles. The number of aromatic hydroxyl groups is 1. The summed E-state index contributed by atoms with van der Waals surface area (Å²) in [7, 11) is 0. The lowest BCUT2D eigenvalue weighted by molar-refractivity contribution is 0.0734. The number of nitrogens with zero attached hydrogens (tertiary/aromatic N) is 1. The molecule has 1 N–H and O–H groups in total. The summed E-state index contributed by atoms with van der Waals surface area (Å²) >= 11 is 0. The Balaban J connectivity index is 1.63. The first-order valence-corrected chi connectivity index (χ1v) is 10.0. The lowest BCUT2D eigenvalue weighted by Crippen LogP contribution is -2.09. The molecule has 31 heavy (non-hydrogen) atoms. The van der Waals surface area contributed by atoms with Gasteiger partial charge in [0.15, 0.2) is 0 Å². The first kappa shape index (κ1) is 20.5. The van der Waals surface area contributed by atoms with E-state index in [1.54, 1.807) is 12.3 Å². The molecule has 0 bridgehead atoms. The molecule has 4 rings (SSSR count). The highest BCUT2D eigenvalue weighted by Crippen LogP contribution is 2.26. The Labute approximate surface area is 180 Å². The number of pyridine rings is 1. The minimum Gasteiger partial charge on any atom is -0.507 e. The van der Waals surface area contributed by atoms with Crippen LogP contribution in [0.5, 0.6) is 11.5 Å². The number of aromatic nitrogens is 1. The molecule has 0 atom stereocenters. The Morgan fingerprint density at radius 3 is 2.42 bits per heavy atom. The van der Waals surface area contributed by atoms with Crippen LogP contribution in [0.1, 0.15) is 32.6 Å². The molecule has 3 aromatic carbocycles. The van der Waals surface area contributed by atoms with Gasteiger partial charge < -0.3 is 9.84 Å². The fourth-order valence-corrected chi connectivity index (χ4v) is 3.72. The molecule has 0 saturated carbocycles. The lowest BCUT2D eigenvalue weighted by atomic mass is 9.96. The van der Waals surface area contributed by atoms with E-state index in [2.05, 4.69) is 4.98 Å². The SMILES string of the molecule is Cc1cc(CCc2cc(C(=O)Oc3ccc(F)cc3)cc3ncccc23)cc(C)c1O. The maximum absolute atomic E-state index is 13.1. The van der Waals surface area contributed by atoms with Crippen LogP contribution in [0.2, 0.25) is 0 Å². The third kappa shape index (κ3) is 4.56. The largest absolute Gasteiger partial charge is 0.507 e. The van der Waals surface area contributed by atoms with E-state index in [1.807, 2.05) is 44.2 Å². The molecule has 0 fully saturated rings. The van der Waals surface area contributed by atoms with Crippen molar-refractivity contribution in [3.8, 4) is 11.5 Å². The van der Waals surface area contributed by atoms with E-state index in [0.717, 1.165) is 34.1 Å². The number of phenols is 1. The van der Waals surface area contributed by atoms with E-state index in [9.17, 15) is 14.3 Å². The van der Waals surface area contributed by atoms with Gasteiger partial charge in [-0.25, -0.2) is 9.18 Å². The quantitative estimate of drug-likeness (QED) is 0.335. The fourth-order valence-electron chi connectivity index (χ4n) is 3.72. The predicted molar refractivity (Wildman–Crippen MR) is 118 cm³/mol. The molecule has 0 saturated heterocycles. The first-order chi connectivity index (χ1) is 14.9. The number of rotatable bonds is 5. The van der Waals surface area contributed by atoms with Crippen LogP contribution in [-0.4, -0.2) is 16.1 Å². The summed E-state index contributed by atoms with van der Waals surface area (Å²) in [6, 6.07) is 16.7. The van der Waals surface area contributed by atoms with Gasteiger partial charge in [-0.2, -0.15) is 0 Å². The van der Waals surface area contributed by atoms with E-state index in [4.69, 9.17) is 4.74 Å². The van der Waals surface area contributed by atoms with Crippen molar-refractivity contribution in [1.82, 2.24) is 4.98 Å². The number of esters is 1. The van der Waals surface area contributed by atoms with Crippen LogP contribution in [0.15, 0.2) is 66.9 Å². The van der Waals surface area contributed by atoms with E-state index < -0.39 is 11.8 Å². The molecule has 0 aliphatic carbocycles. The van der Waals surface area contributed by atoms with Crippen molar-refractivity contribution in [3.63, 3.8) is 0 Å². The molecule has 0 unspecified atom stereocenters. The molecule has 1 aromatic heterocycles. The second-order valence-electron chi connectivity index (χ2n) is 7.63. The van der Waals surface area contributed by atoms with Crippen LogP contribution in [0, 0.1) is 19.7 Å². The summed E-state index contributed by atoms with van der Waals surface area (Å²) in [4.78, 5) is 17.1. The van der Waals surface area contributed by atoms with Gasteiger partial charge in [0.25, 0.3) is 0 Å². The highest BCUT2D eigenvalue weighted by atomic mass is 19.1. The Kier molecular flexibility index (Phi) is 5.67. The standard InChI is InChI=1S/C26H22FNO3/c1-16-12-18(13-17(2)25(16)29)5-6-19-14-20(15-24-23(19)4-3-11-28-24)26(30)31-22-9-7-21(27)8-10-22/h3-4,7-15,29H,5-6H2,1-2H3. The van der Waals surface area contributed by atoms with Gasteiger partial charge in [-0.3, -0.25) is 4.98 Å². The van der Waals surface area contributed by atoms with Gasteiger partial charge in [0.1, 0.15) is 17.3 Å². The summed E-state index contributed by atoms with van der Waals surface area (Å²) in [5.41, 5.74) is 4.90. The molecule has 0 amide bonds. The number of halogens is 1. The molecule has 4 nitrogen and oxygen atoms in total. The van der Waals surface area contributed by atoms with Crippen molar-refractivity contribution in [2.45, 2.75) is 26.7 Å². The second kappa shape index (κ2) is 8.56. The number of carbonyl (C=O) groups excluding carboxylic acids is 1. The third-order valence-corrected chi connectivity index (χ3v) is 5.30. The summed E-state index contributed by atoms with van der Waals surface area (Å²) in [5.74, 6) is -0.304. The van der Waals surface area contributed by atoms with Crippen molar-refractivity contribution < 1.29 is 19.0 Å². The Morgan fingerprint density at radius 2 is 1.71 bits per heavy atom. The van der Waals surface area contributed by atoms with Crippen LogP contribution < -0.4 is 4.74 Å². The summed E-state index contributed by atoms with van der Waals surface area (Å²) in [5, 5.41) is 11.0. The molecular formula is C26H22FNO3. The van der Waals surface area contributed by atoms with Crippen molar-refractivity contribution >= 4 is 16.9 Å². The number of phenolic OH excluding ortho intramolecular Hbond substituents is 1. The number of hydrogen-bond donors (Lipinski definition) is 1. The first-order valence-electron chi connectivity index (χ1n) is 10.0. The number of aryl methyl sites for hydroxylation is 4. The lowest BCUT2D eigenvalue weighted by Gasteiger charge is -2.11. The predicted octanol–water partition coefficient (Wildman–Crippen LogP) is 5.70. The van der Waals surface area contributed by atoms with Gasteiger partial charge in [-0.1, -0.05) is 18.2 Å². The van der Waals surface area contributed by atoms with Crippen molar-refractivity contribution in [1.29, 1.82) is 0 Å². The molecule has 0 radical (unpaired) electrons. The summed E-state index contributed by atoms with van der Waals surface area (Å²) in [6.07, 6.45) is 3.14. The third-order valence-electron chi connectivity index (χ3n) is 5.30. The van der Waals surface area contributed by atoms with Gasteiger partial charge in [0.05, 0.1) is 11.1 Å². The monoisotopic (exact) mass is 415 g/mol. The maximum Gasteiger partial charge on any atom is 0.343 e. The molecule has 5 heteroatoms. The maximum atomic E-state index is 13.1. The van der Waals surface area contributed by atoms with Crippen molar-refractivity contribution in [2.75, 3.05) is 0 Å². The molecule has 4 aromatic rings. The zero-order valence-electron chi connectivity index (χ0n) is 17.4. The van der Waals surface area contributed by atoms with E-state index in [1.165, 1.54) is 24.3 Å². The fraction of sp³-hybridized carbons (Fsp3) is 0.154. The zero-order chi connectivity index (χ0) is 22.0. The molecule has 0 aliphatic rings. The number of fused-ring (bicyclic) bond motifs is 1. The minimum absolute atomic E-state index is 0.282. The van der Waals surface area contributed by atoms with Gasteiger partial charge in [0, 0.05) is 11.6 Å². The summed E-state index contributed by atoms with van der Waals surface area (Å²) < 4.78 is 18.5. The Bertz CT molecular complexity index is 1240. The average molecular weight is 415 g/mol. The smallest absolute Gasteiger partial charge is 0.343 e. The number of hydrogen-bond acceptors (Lipinski definition) is 4. The number of benzene rings is 3. The van der Waals surface area contributed by atoms with Crippen LogP contribution in [0.25, 0.3) is 10.9 Å². The van der Waals surface area contributed by atoms with Crippen LogP contribution in [0.4, 0.5) is 4.39 Å². The Hall–Kier alpha value is -3.73. The zero-order valence-corrected chi connectivity index (χ0v) is 17.4. The van der Waals surface area contributed by atoms with E-state index in [0.29, 0.717) is 23.3 Å². The highest BCUT2D eigenvalue weighted by molar-refractivity contribution is 5.96. The number of ether oxygens (including phenoxy) is 1. The molecule has 1 heterocycles. The van der Waals surface area contributed by atoms with Crippen molar-refractivity contribution in [2.24, 2.45) is 0 Å².